The minimum atomic E-state index is -0.435. The molecule has 0 aliphatic heterocycles. The zero-order valence-corrected chi connectivity index (χ0v) is 29.2. The van der Waals surface area contributed by atoms with Gasteiger partial charge in [-0.1, -0.05) is 17.7 Å². The number of phenols is 1. The Morgan fingerprint density at radius 3 is 2.51 bits per heavy atom. The molecule has 0 fully saturated rings. The van der Waals surface area contributed by atoms with Crippen LogP contribution in [0.2, 0.25) is 5.02 Å². The third kappa shape index (κ3) is 6.55. The first-order valence-corrected chi connectivity index (χ1v) is 16.9. The Labute approximate surface area is 289 Å². The molecule has 0 saturated heterocycles. The number of aliphatic hydroxyl groups is 1. The number of aryl methyl sites for hydroxylation is 8. The van der Waals surface area contributed by atoms with Crippen LogP contribution in [0.15, 0.2) is 48.5 Å². The molecule has 9 nitrogen and oxygen atoms in total. The van der Waals surface area contributed by atoms with Gasteiger partial charge < -0.3 is 19.5 Å². The number of hydrogen-bond acceptors (Lipinski definition) is 6. The molecule has 0 radical (unpaired) electrons. The number of nitrogens with zero attached hydrogens (tertiary/aromatic N) is 5. The molecule has 0 unspecified atom stereocenters. The van der Waals surface area contributed by atoms with Crippen LogP contribution in [0.3, 0.4) is 0 Å². The maximum atomic E-state index is 13.8. The van der Waals surface area contributed by atoms with Crippen molar-refractivity contribution in [3.8, 4) is 17.0 Å². The van der Waals surface area contributed by atoms with Gasteiger partial charge in [-0.25, -0.2) is 9.18 Å². The highest BCUT2D eigenvalue weighted by atomic mass is 35.5. The van der Waals surface area contributed by atoms with Crippen LogP contribution in [-0.4, -0.2) is 54.0 Å². The lowest BCUT2D eigenvalue weighted by Gasteiger charge is -2.13. The molecule has 256 valence electrons. The quantitative estimate of drug-likeness (QED) is 0.130. The molecule has 0 atom stereocenters. The van der Waals surface area contributed by atoms with Crippen LogP contribution in [0.1, 0.15) is 57.1 Å². The number of hydrogen-bond donors (Lipinski definition) is 2. The van der Waals surface area contributed by atoms with E-state index in [1.54, 1.807) is 12.1 Å². The van der Waals surface area contributed by atoms with Gasteiger partial charge in [0.15, 0.2) is 0 Å². The van der Waals surface area contributed by atoms with Gasteiger partial charge in [-0.2, -0.15) is 10.2 Å². The first-order chi connectivity index (χ1) is 23.5. The Kier molecular flexibility index (Phi) is 9.81. The molecule has 3 aromatic carbocycles. The number of halogens is 2. The van der Waals surface area contributed by atoms with E-state index in [4.69, 9.17) is 26.5 Å². The number of carbonyl (C=O) groups is 1. The molecule has 0 aliphatic carbocycles. The number of fused-ring (bicyclic) bond motifs is 2. The zero-order valence-electron chi connectivity index (χ0n) is 28.5. The molecule has 2 N–H and O–H groups in total. The second-order valence-electron chi connectivity index (χ2n) is 12.6. The number of methoxy groups -OCH3 is 1. The van der Waals surface area contributed by atoms with Crippen LogP contribution in [0.25, 0.3) is 32.9 Å². The van der Waals surface area contributed by atoms with E-state index in [9.17, 15) is 19.4 Å². The van der Waals surface area contributed by atoms with E-state index in [1.807, 2.05) is 59.9 Å². The normalized spacial score (nSPS) is 11.7. The fourth-order valence-electron chi connectivity index (χ4n) is 6.95. The minimum Gasteiger partial charge on any atom is -0.507 e. The number of rotatable bonds is 12. The maximum absolute atomic E-state index is 13.8. The van der Waals surface area contributed by atoms with Crippen molar-refractivity contribution in [2.75, 3.05) is 13.7 Å². The van der Waals surface area contributed by atoms with Crippen molar-refractivity contribution in [2.45, 2.75) is 66.0 Å². The molecule has 6 aromatic rings. The average molecular weight is 686 g/mol. The highest BCUT2D eigenvalue weighted by Gasteiger charge is 2.27. The molecule has 0 saturated carbocycles. The summed E-state index contributed by atoms with van der Waals surface area (Å²) in [7, 11) is 3.31. The number of aliphatic hydroxyl groups excluding tert-OH is 1. The van der Waals surface area contributed by atoms with E-state index >= 15 is 0 Å². The molecule has 3 heterocycles. The summed E-state index contributed by atoms with van der Waals surface area (Å²) in [5.41, 5.74) is 8.70. The van der Waals surface area contributed by atoms with Gasteiger partial charge in [-0.15, -0.1) is 0 Å². The van der Waals surface area contributed by atoms with Crippen molar-refractivity contribution in [2.24, 2.45) is 7.05 Å². The molecule has 0 spiro atoms. The predicted molar refractivity (Wildman–Crippen MR) is 190 cm³/mol. The number of ether oxygens (including phenoxy) is 1. The van der Waals surface area contributed by atoms with Gasteiger partial charge in [0.1, 0.15) is 17.3 Å². The molecule has 11 heteroatoms. The van der Waals surface area contributed by atoms with E-state index in [1.165, 1.54) is 19.2 Å². The average Bonchev–Trinajstić information content (AvgIpc) is 3.67. The Bertz CT molecular complexity index is 2200. The lowest BCUT2D eigenvalue weighted by Crippen LogP contribution is -2.12. The van der Waals surface area contributed by atoms with Crippen molar-refractivity contribution < 1.29 is 24.1 Å². The lowest BCUT2D eigenvalue weighted by molar-refractivity contribution is 0.0587. The summed E-state index contributed by atoms with van der Waals surface area (Å²) >= 11 is 6.96. The summed E-state index contributed by atoms with van der Waals surface area (Å²) < 4.78 is 24.8. The van der Waals surface area contributed by atoms with E-state index < -0.39 is 5.97 Å². The molecular weight excluding hydrogens is 645 g/mol. The minimum absolute atomic E-state index is 0.0000679. The third-order valence-electron chi connectivity index (χ3n) is 9.46. The monoisotopic (exact) mass is 685 g/mol. The van der Waals surface area contributed by atoms with Gasteiger partial charge in [-0.3, -0.25) is 9.36 Å². The van der Waals surface area contributed by atoms with Crippen molar-refractivity contribution >= 4 is 39.2 Å². The number of benzene rings is 3. The summed E-state index contributed by atoms with van der Waals surface area (Å²) in [5, 5.41) is 32.5. The van der Waals surface area contributed by atoms with Gasteiger partial charge in [-0.05, 0) is 117 Å². The topological polar surface area (TPSA) is 107 Å². The summed E-state index contributed by atoms with van der Waals surface area (Å²) in [6.45, 7) is 7.02. The van der Waals surface area contributed by atoms with Crippen molar-refractivity contribution in [3.05, 3.63) is 98.8 Å². The molecule has 0 amide bonds. The number of phenolic OH excluding ortho intramolecular Hbond substituents is 1. The van der Waals surface area contributed by atoms with Crippen molar-refractivity contribution in [3.63, 3.8) is 0 Å². The summed E-state index contributed by atoms with van der Waals surface area (Å²) in [4.78, 5) is 13.0. The van der Waals surface area contributed by atoms with Gasteiger partial charge >= 0.3 is 5.97 Å². The molecule has 3 aromatic heterocycles. The molecule has 6 rings (SSSR count). The van der Waals surface area contributed by atoms with Crippen LogP contribution in [0.4, 0.5) is 4.39 Å². The highest BCUT2D eigenvalue weighted by molar-refractivity contribution is 6.35. The summed E-state index contributed by atoms with van der Waals surface area (Å²) in [6.07, 6.45) is 3.41. The van der Waals surface area contributed by atoms with Crippen molar-refractivity contribution in [1.82, 2.24) is 24.1 Å². The van der Waals surface area contributed by atoms with Crippen molar-refractivity contribution in [1.29, 1.82) is 0 Å². The van der Waals surface area contributed by atoms with Gasteiger partial charge in [0.2, 0.25) is 0 Å². The Hall–Kier alpha value is -4.67. The lowest BCUT2D eigenvalue weighted by atomic mass is 9.99. The van der Waals surface area contributed by atoms with E-state index in [0.29, 0.717) is 47.4 Å². The van der Waals surface area contributed by atoms with Crippen LogP contribution in [-0.2, 0) is 44.1 Å². The fourth-order valence-corrected chi connectivity index (χ4v) is 7.20. The SMILES string of the molecule is COC(=O)c1c(C)c2c(-c3c(C)c(C)nn3CCCc3cc(CCc4cc(O)c5ccc(F)cc5c4)n(C)n3)c(Cl)ccc2n1CCCO. The predicted octanol–water partition coefficient (Wildman–Crippen LogP) is 7.40. The molecule has 0 bridgehead atoms. The van der Waals surface area contributed by atoms with E-state index in [0.717, 1.165) is 75.2 Å². The Morgan fingerprint density at radius 2 is 1.76 bits per heavy atom. The number of aromatic nitrogens is 5. The van der Waals surface area contributed by atoms with Crippen LogP contribution in [0.5, 0.6) is 5.75 Å². The molecule has 49 heavy (non-hydrogen) atoms. The van der Waals surface area contributed by atoms with Crippen LogP contribution in [0, 0.1) is 26.6 Å². The Morgan fingerprint density at radius 1 is 0.959 bits per heavy atom. The fraction of sp³-hybridized carbons (Fsp3) is 0.342. The maximum Gasteiger partial charge on any atom is 0.354 e. The standard InChI is InChI=1S/C38H41ClFN5O4/c1-22-24(3)41-45(36(22)35-31(39)13-14-32-34(35)23(2)37(38(48)49-5)44(32)15-7-17-46)16-6-8-28-21-29(43(4)42-28)11-9-25-18-26-20-27(40)10-12-30(26)33(47)19-25/h10,12-14,18-21,46-47H,6-9,11,15-17H2,1-5H3. The third-order valence-corrected chi connectivity index (χ3v) is 9.77. The molecular formula is C38H41ClFN5O4. The largest absolute Gasteiger partial charge is 0.507 e. The number of esters is 1. The van der Waals surface area contributed by atoms with Gasteiger partial charge in [0.25, 0.3) is 0 Å². The van der Waals surface area contributed by atoms with Gasteiger partial charge in [0, 0.05) is 54.3 Å². The van der Waals surface area contributed by atoms with Gasteiger partial charge in [0.05, 0.1) is 29.2 Å². The number of aromatic hydroxyl groups is 1. The summed E-state index contributed by atoms with van der Waals surface area (Å²) in [5.74, 6) is -0.614. The smallest absolute Gasteiger partial charge is 0.354 e. The Balaban J connectivity index is 1.23. The van der Waals surface area contributed by atoms with Crippen LogP contribution >= 0.6 is 11.6 Å². The second kappa shape index (κ2) is 14.1. The highest BCUT2D eigenvalue weighted by Crippen LogP contribution is 2.42. The second-order valence-corrected chi connectivity index (χ2v) is 13.0. The summed E-state index contributed by atoms with van der Waals surface area (Å²) in [6, 6.07) is 14.0. The first-order valence-electron chi connectivity index (χ1n) is 16.5. The molecule has 0 aliphatic rings. The van der Waals surface area contributed by atoms with E-state index in [2.05, 4.69) is 6.07 Å². The van der Waals surface area contributed by atoms with Crippen LogP contribution < -0.4 is 0 Å². The zero-order chi connectivity index (χ0) is 35.0. The number of carbonyl (C=O) groups excluding carboxylic acids is 1. The van der Waals surface area contributed by atoms with E-state index in [-0.39, 0.29) is 18.2 Å². The first kappa shape index (κ1) is 34.2.